The Morgan fingerprint density at radius 3 is 2.35 bits per heavy atom. The van der Waals surface area contributed by atoms with Crippen molar-refractivity contribution in [2.24, 2.45) is 5.92 Å². The van der Waals surface area contributed by atoms with E-state index in [1.807, 2.05) is 12.1 Å². The highest BCUT2D eigenvalue weighted by atomic mass is 79.9. The third kappa shape index (κ3) is 6.81. The van der Waals surface area contributed by atoms with E-state index in [0.29, 0.717) is 12.5 Å². The SMILES string of the molecule is CC(C)CNCC(C)OCc1ccc(Br)cc1. The smallest absolute Gasteiger partial charge is 0.0721 e. The number of ether oxygens (including phenoxy) is 1. The molecule has 3 heteroatoms. The normalized spacial score (nSPS) is 13.0. The second-order valence-electron chi connectivity index (χ2n) is 4.80. The highest BCUT2D eigenvalue weighted by molar-refractivity contribution is 9.10. The highest BCUT2D eigenvalue weighted by Gasteiger charge is 2.03. The Bertz CT molecular complexity index is 311. The second-order valence-corrected chi connectivity index (χ2v) is 5.72. The average molecular weight is 300 g/mol. The summed E-state index contributed by atoms with van der Waals surface area (Å²) in [7, 11) is 0. The minimum atomic E-state index is 0.248. The maximum absolute atomic E-state index is 5.77. The molecule has 0 fully saturated rings. The van der Waals surface area contributed by atoms with Crippen molar-refractivity contribution in [3.8, 4) is 0 Å². The van der Waals surface area contributed by atoms with E-state index in [4.69, 9.17) is 4.74 Å². The van der Waals surface area contributed by atoms with Crippen molar-refractivity contribution in [3.63, 3.8) is 0 Å². The van der Waals surface area contributed by atoms with Gasteiger partial charge >= 0.3 is 0 Å². The number of hydrogen-bond donors (Lipinski definition) is 1. The molecular weight excluding hydrogens is 278 g/mol. The van der Waals surface area contributed by atoms with Gasteiger partial charge in [0.05, 0.1) is 12.7 Å². The molecule has 0 radical (unpaired) electrons. The van der Waals surface area contributed by atoms with Gasteiger partial charge in [0.25, 0.3) is 0 Å². The lowest BCUT2D eigenvalue weighted by atomic mass is 10.2. The molecule has 2 nitrogen and oxygen atoms in total. The van der Waals surface area contributed by atoms with Crippen molar-refractivity contribution >= 4 is 15.9 Å². The third-order valence-electron chi connectivity index (χ3n) is 2.43. The number of halogens is 1. The van der Waals surface area contributed by atoms with Crippen LogP contribution in [0.1, 0.15) is 26.3 Å². The van der Waals surface area contributed by atoms with Gasteiger partial charge in [0.2, 0.25) is 0 Å². The molecule has 1 atom stereocenters. The van der Waals surface area contributed by atoms with Crippen LogP contribution in [0.25, 0.3) is 0 Å². The maximum Gasteiger partial charge on any atom is 0.0721 e. The van der Waals surface area contributed by atoms with Gasteiger partial charge in [-0.25, -0.2) is 0 Å². The molecule has 1 aromatic rings. The molecule has 1 aromatic carbocycles. The fourth-order valence-corrected chi connectivity index (χ4v) is 1.72. The summed E-state index contributed by atoms with van der Waals surface area (Å²) in [4.78, 5) is 0. The van der Waals surface area contributed by atoms with Crippen LogP contribution in [0.5, 0.6) is 0 Å². The summed E-state index contributed by atoms with van der Waals surface area (Å²) >= 11 is 3.42. The molecular formula is C14H22BrNO. The van der Waals surface area contributed by atoms with Crippen LogP contribution >= 0.6 is 15.9 Å². The predicted octanol–water partition coefficient (Wildman–Crippen LogP) is 3.60. The van der Waals surface area contributed by atoms with Crippen LogP contribution in [-0.4, -0.2) is 19.2 Å². The monoisotopic (exact) mass is 299 g/mol. The van der Waals surface area contributed by atoms with Crippen LogP contribution in [0.15, 0.2) is 28.7 Å². The number of benzene rings is 1. The van der Waals surface area contributed by atoms with Gasteiger partial charge in [-0.2, -0.15) is 0 Å². The Kier molecular flexibility index (Phi) is 6.78. The molecule has 96 valence electrons. The first-order valence-corrected chi connectivity index (χ1v) is 6.94. The minimum absolute atomic E-state index is 0.248. The van der Waals surface area contributed by atoms with E-state index in [2.05, 4.69) is 54.2 Å². The first-order valence-electron chi connectivity index (χ1n) is 6.14. The molecule has 0 aliphatic carbocycles. The molecule has 0 heterocycles. The zero-order valence-corrected chi connectivity index (χ0v) is 12.5. The average Bonchev–Trinajstić information content (AvgIpc) is 2.28. The van der Waals surface area contributed by atoms with Crippen molar-refractivity contribution < 1.29 is 4.74 Å². The van der Waals surface area contributed by atoms with Crippen LogP contribution in [0, 0.1) is 5.92 Å². The van der Waals surface area contributed by atoms with Gasteiger partial charge in [-0.3, -0.25) is 0 Å². The number of nitrogens with one attached hydrogen (secondary N) is 1. The van der Waals surface area contributed by atoms with E-state index in [0.717, 1.165) is 17.6 Å². The van der Waals surface area contributed by atoms with Crippen molar-refractivity contribution in [3.05, 3.63) is 34.3 Å². The van der Waals surface area contributed by atoms with E-state index in [-0.39, 0.29) is 6.10 Å². The van der Waals surface area contributed by atoms with Crippen LogP contribution in [0.2, 0.25) is 0 Å². The van der Waals surface area contributed by atoms with E-state index in [9.17, 15) is 0 Å². The predicted molar refractivity (Wildman–Crippen MR) is 76.1 cm³/mol. The number of hydrogen-bond acceptors (Lipinski definition) is 2. The third-order valence-corrected chi connectivity index (χ3v) is 2.96. The Balaban J connectivity index is 2.19. The van der Waals surface area contributed by atoms with E-state index >= 15 is 0 Å². The zero-order valence-electron chi connectivity index (χ0n) is 10.9. The minimum Gasteiger partial charge on any atom is -0.373 e. The molecule has 17 heavy (non-hydrogen) atoms. The van der Waals surface area contributed by atoms with Gasteiger partial charge in [-0.1, -0.05) is 41.9 Å². The summed E-state index contributed by atoms with van der Waals surface area (Å²) < 4.78 is 6.88. The Labute approximate surface area is 113 Å². The van der Waals surface area contributed by atoms with Gasteiger partial charge in [0, 0.05) is 11.0 Å². The molecule has 0 spiro atoms. The summed E-state index contributed by atoms with van der Waals surface area (Å²) in [6.07, 6.45) is 0.248. The lowest BCUT2D eigenvalue weighted by Gasteiger charge is -2.15. The van der Waals surface area contributed by atoms with Crippen molar-refractivity contribution in [1.82, 2.24) is 5.32 Å². The highest BCUT2D eigenvalue weighted by Crippen LogP contribution is 2.11. The van der Waals surface area contributed by atoms with Crippen molar-refractivity contribution in [2.45, 2.75) is 33.5 Å². The summed E-state index contributed by atoms with van der Waals surface area (Å²) in [6, 6.07) is 8.25. The van der Waals surface area contributed by atoms with Crippen LogP contribution in [-0.2, 0) is 11.3 Å². The quantitative estimate of drug-likeness (QED) is 0.831. The van der Waals surface area contributed by atoms with Crippen LogP contribution < -0.4 is 5.32 Å². The van der Waals surface area contributed by atoms with E-state index in [1.54, 1.807) is 0 Å². The molecule has 1 unspecified atom stereocenters. The lowest BCUT2D eigenvalue weighted by molar-refractivity contribution is 0.0529. The zero-order chi connectivity index (χ0) is 12.7. The topological polar surface area (TPSA) is 21.3 Å². The van der Waals surface area contributed by atoms with Gasteiger partial charge in [-0.15, -0.1) is 0 Å². The molecule has 0 aliphatic heterocycles. The standard InChI is InChI=1S/C14H22BrNO/c1-11(2)8-16-9-12(3)17-10-13-4-6-14(15)7-5-13/h4-7,11-12,16H,8-10H2,1-3H3. The van der Waals surface area contributed by atoms with E-state index in [1.165, 1.54) is 5.56 Å². The fraction of sp³-hybridized carbons (Fsp3) is 0.571. The summed E-state index contributed by atoms with van der Waals surface area (Å²) in [5.74, 6) is 0.689. The van der Waals surface area contributed by atoms with E-state index < -0.39 is 0 Å². The maximum atomic E-state index is 5.77. The Morgan fingerprint density at radius 1 is 1.12 bits per heavy atom. The molecule has 0 bridgehead atoms. The van der Waals surface area contributed by atoms with Crippen LogP contribution in [0.4, 0.5) is 0 Å². The van der Waals surface area contributed by atoms with Gasteiger partial charge < -0.3 is 10.1 Å². The van der Waals surface area contributed by atoms with Gasteiger partial charge in [0.15, 0.2) is 0 Å². The number of rotatable bonds is 7. The first-order chi connectivity index (χ1) is 8.08. The van der Waals surface area contributed by atoms with Crippen LogP contribution in [0.3, 0.4) is 0 Å². The fourth-order valence-electron chi connectivity index (χ4n) is 1.45. The molecule has 1 rings (SSSR count). The molecule has 0 saturated heterocycles. The molecule has 0 aliphatic rings. The Morgan fingerprint density at radius 2 is 1.76 bits per heavy atom. The van der Waals surface area contributed by atoms with Gasteiger partial charge in [0.1, 0.15) is 0 Å². The largest absolute Gasteiger partial charge is 0.373 e. The van der Waals surface area contributed by atoms with Crippen molar-refractivity contribution in [2.75, 3.05) is 13.1 Å². The lowest BCUT2D eigenvalue weighted by Crippen LogP contribution is -2.29. The molecule has 0 amide bonds. The summed E-state index contributed by atoms with van der Waals surface area (Å²) in [5.41, 5.74) is 1.21. The molecule has 0 aromatic heterocycles. The second kappa shape index (κ2) is 7.85. The first kappa shape index (κ1) is 14.7. The van der Waals surface area contributed by atoms with Gasteiger partial charge in [-0.05, 0) is 37.1 Å². The molecule has 0 saturated carbocycles. The summed E-state index contributed by atoms with van der Waals surface area (Å²) in [6.45, 7) is 9.16. The molecule has 1 N–H and O–H groups in total. The van der Waals surface area contributed by atoms with Crippen molar-refractivity contribution in [1.29, 1.82) is 0 Å². The summed E-state index contributed by atoms with van der Waals surface area (Å²) in [5, 5.41) is 3.40. The Hall–Kier alpha value is -0.380.